The first-order valence-corrected chi connectivity index (χ1v) is 16.1. The summed E-state index contributed by atoms with van der Waals surface area (Å²) in [6.07, 6.45) is 0. The lowest BCUT2D eigenvalue weighted by Gasteiger charge is -2.12. The fourth-order valence-electron chi connectivity index (χ4n) is 7.98. The number of rotatable bonds is 2. The van der Waals surface area contributed by atoms with E-state index in [2.05, 4.69) is 118 Å². The minimum absolute atomic E-state index is 0.617. The molecule has 0 aliphatic heterocycles. The molecule has 220 valence electrons. The van der Waals surface area contributed by atoms with Crippen molar-refractivity contribution in [2.45, 2.75) is 0 Å². The second-order valence-electron chi connectivity index (χ2n) is 12.5. The Morgan fingerprint density at radius 3 is 1.94 bits per heavy atom. The van der Waals surface area contributed by atoms with Gasteiger partial charge in [-0.15, -0.1) is 0 Å². The van der Waals surface area contributed by atoms with Gasteiger partial charge in [0.1, 0.15) is 0 Å². The number of benzene rings is 7. The first-order chi connectivity index (χ1) is 23.8. The molecular weight excluding hydrogens is 587 g/mol. The molecule has 5 nitrogen and oxygen atoms in total. The number of hydrogen-bond donors (Lipinski definition) is 0. The Hall–Kier alpha value is -6.77. The molecule has 0 amide bonds. The molecule has 0 aliphatic rings. The van der Waals surface area contributed by atoms with E-state index in [0.29, 0.717) is 11.5 Å². The van der Waals surface area contributed by atoms with E-state index in [0.717, 1.165) is 38.6 Å². The summed E-state index contributed by atoms with van der Waals surface area (Å²) < 4.78 is 4.72. The first kappa shape index (κ1) is 25.4. The Bertz CT molecular complexity index is 3170. The maximum atomic E-state index is 9.46. The predicted octanol–water partition coefficient (Wildman–Crippen LogP) is 10.6. The van der Waals surface area contributed by atoms with Crippen molar-refractivity contribution >= 4 is 81.6 Å². The Morgan fingerprint density at radius 1 is 0.500 bits per heavy atom. The van der Waals surface area contributed by atoms with E-state index in [-0.39, 0.29) is 0 Å². The largest absolute Gasteiger partial charge is 0.308 e. The average molecular weight is 610 g/mol. The minimum atomic E-state index is 0.617. The van der Waals surface area contributed by atoms with Gasteiger partial charge in [-0.2, -0.15) is 5.26 Å². The van der Waals surface area contributed by atoms with Crippen LogP contribution in [0.2, 0.25) is 0 Å². The maximum absolute atomic E-state index is 9.46. The number of para-hydroxylation sites is 3. The fourth-order valence-corrected chi connectivity index (χ4v) is 7.98. The van der Waals surface area contributed by atoms with Crippen LogP contribution < -0.4 is 0 Å². The highest BCUT2D eigenvalue weighted by Gasteiger charge is 2.25. The summed E-state index contributed by atoms with van der Waals surface area (Å²) in [7, 11) is 0. The lowest BCUT2D eigenvalue weighted by atomic mass is 10.0. The van der Waals surface area contributed by atoms with E-state index in [1.807, 2.05) is 36.4 Å². The highest BCUT2D eigenvalue weighted by atomic mass is 15.2. The summed E-state index contributed by atoms with van der Waals surface area (Å²) >= 11 is 0. The molecule has 0 saturated heterocycles. The number of nitrogens with zero attached hydrogens (tertiary/aromatic N) is 5. The maximum Gasteiger partial charge on any atom is 0.235 e. The highest BCUT2D eigenvalue weighted by Crippen LogP contribution is 2.47. The summed E-state index contributed by atoms with van der Waals surface area (Å²) in [4.78, 5) is 10.6. The van der Waals surface area contributed by atoms with Crippen LogP contribution in [0.25, 0.3) is 98.8 Å². The van der Waals surface area contributed by atoms with Gasteiger partial charge in [0.2, 0.25) is 5.95 Å². The van der Waals surface area contributed by atoms with Gasteiger partial charge in [0.05, 0.1) is 50.4 Å². The van der Waals surface area contributed by atoms with Gasteiger partial charge >= 0.3 is 0 Å². The molecule has 0 radical (unpaired) electrons. The number of aromatic nitrogens is 4. The molecule has 11 rings (SSSR count). The molecule has 0 bridgehead atoms. The minimum Gasteiger partial charge on any atom is -0.308 e. The van der Waals surface area contributed by atoms with Crippen LogP contribution in [0.15, 0.2) is 140 Å². The number of nitriles is 1. The molecule has 0 atom stereocenters. The van der Waals surface area contributed by atoms with E-state index in [1.165, 1.54) is 54.3 Å². The van der Waals surface area contributed by atoms with Gasteiger partial charge in [-0.3, -0.25) is 4.57 Å². The summed E-state index contributed by atoms with van der Waals surface area (Å²) in [5.41, 5.74) is 9.03. The number of hydrogen-bond acceptors (Lipinski definition) is 3. The third-order valence-electron chi connectivity index (χ3n) is 10.0. The van der Waals surface area contributed by atoms with E-state index in [4.69, 9.17) is 9.97 Å². The van der Waals surface area contributed by atoms with Crippen molar-refractivity contribution in [1.82, 2.24) is 18.9 Å². The quantitative estimate of drug-likeness (QED) is 0.196. The van der Waals surface area contributed by atoms with E-state index in [9.17, 15) is 5.26 Å². The zero-order chi connectivity index (χ0) is 31.5. The van der Waals surface area contributed by atoms with Crippen LogP contribution in [-0.4, -0.2) is 18.9 Å². The monoisotopic (exact) mass is 609 g/mol. The van der Waals surface area contributed by atoms with E-state index in [1.54, 1.807) is 0 Å². The topological polar surface area (TPSA) is 58.9 Å². The second-order valence-corrected chi connectivity index (χ2v) is 12.5. The van der Waals surface area contributed by atoms with E-state index < -0.39 is 0 Å². The molecule has 11 aromatic rings. The molecule has 0 N–H and O–H groups in total. The van der Waals surface area contributed by atoms with Gasteiger partial charge in [-0.05, 0) is 59.3 Å². The summed E-state index contributed by atoms with van der Waals surface area (Å²) in [6.45, 7) is 0. The zero-order valence-corrected chi connectivity index (χ0v) is 25.5. The molecule has 0 unspecified atom stereocenters. The van der Waals surface area contributed by atoms with Gasteiger partial charge < -0.3 is 4.40 Å². The first-order valence-electron chi connectivity index (χ1n) is 16.1. The SMILES string of the molecule is N#Cc1ccc(-c2nc(-n3c4ccccc4c4cc5c6ccccc6n6c7cc8ccccc8cc7c(c43)c56)nc3ccccc23)cc1. The zero-order valence-electron chi connectivity index (χ0n) is 25.5. The summed E-state index contributed by atoms with van der Waals surface area (Å²) in [6, 6.07) is 51.1. The normalized spacial score (nSPS) is 12.1. The Balaban J connectivity index is 1.37. The van der Waals surface area contributed by atoms with Crippen molar-refractivity contribution in [3.05, 3.63) is 145 Å². The van der Waals surface area contributed by atoms with Crippen LogP contribution in [-0.2, 0) is 0 Å². The molecule has 0 spiro atoms. The van der Waals surface area contributed by atoms with Crippen molar-refractivity contribution in [2.75, 3.05) is 0 Å². The van der Waals surface area contributed by atoms with Crippen LogP contribution in [0.3, 0.4) is 0 Å². The van der Waals surface area contributed by atoms with Gasteiger partial charge in [0.15, 0.2) is 0 Å². The molecule has 4 aromatic heterocycles. The van der Waals surface area contributed by atoms with Crippen LogP contribution in [0.5, 0.6) is 0 Å². The second kappa shape index (κ2) is 9.16. The van der Waals surface area contributed by atoms with Crippen molar-refractivity contribution < 1.29 is 0 Å². The summed E-state index contributed by atoms with van der Waals surface area (Å²) in [5, 5.41) is 20.1. The fraction of sp³-hybridized carbons (Fsp3) is 0. The van der Waals surface area contributed by atoms with Crippen molar-refractivity contribution in [3.63, 3.8) is 0 Å². The van der Waals surface area contributed by atoms with Crippen molar-refractivity contribution in [1.29, 1.82) is 5.26 Å². The molecule has 48 heavy (non-hydrogen) atoms. The third kappa shape index (κ3) is 3.23. The predicted molar refractivity (Wildman–Crippen MR) is 196 cm³/mol. The highest BCUT2D eigenvalue weighted by molar-refractivity contribution is 6.34. The molecule has 4 heterocycles. The van der Waals surface area contributed by atoms with Crippen LogP contribution in [0.4, 0.5) is 0 Å². The molecule has 0 aliphatic carbocycles. The molecule has 0 fully saturated rings. The van der Waals surface area contributed by atoms with Crippen molar-refractivity contribution in [3.8, 4) is 23.3 Å². The molecule has 5 heteroatoms. The third-order valence-corrected chi connectivity index (χ3v) is 10.0. The van der Waals surface area contributed by atoms with Gasteiger partial charge in [-0.1, -0.05) is 91.0 Å². The molecule has 0 saturated carbocycles. The van der Waals surface area contributed by atoms with Gasteiger partial charge in [0, 0.05) is 43.3 Å². The Kier molecular flexibility index (Phi) is 4.85. The number of fused-ring (bicyclic) bond motifs is 12. The smallest absolute Gasteiger partial charge is 0.235 e. The summed E-state index contributed by atoms with van der Waals surface area (Å²) in [5.74, 6) is 0.617. The average Bonchev–Trinajstić information content (AvgIpc) is 3.77. The van der Waals surface area contributed by atoms with Crippen LogP contribution >= 0.6 is 0 Å². The van der Waals surface area contributed by atoms with Crippen LogP contribution in [0.1, 0.15) is 5.56 Å². The van der Waals surface area contributed by atoms with Gasteiger partial charge in [-0.25, -0.2) is 9.97 Å². The lowest BCUT2D eigenvalue weighted by Crippen LogP contribution is -2.03. The molecular formula is C43H23N5. The van der Waals surface area contributed by atoms with E-state index >= 15 is 0 Å². The van der Waals surface area contributed by atoms with Crippen LogP contribution in [0, 0.1) is 11.3 Å². The van der Waals surface area contributed by atoms with Gasteiger partial charge in [0.25, 0.3) is 0 Å². The standard InChI is InChI=1S/C43H23N5/c44-24-25-17-19-26(20-18-25)40-31-13-3-6-14-35(31)45-43(46-40)48-37-16-8-5-12-30(37)33-23-32-29-11-4-7-15-36(29)47-38-22-28-10-2-1-9-27(28)21-34(38)39(41(32)47)42(33)48/h1-23H. The molecule has 7 aromatic carbocycles. The Labute approximate surface area is 273 Å². The lowest BCUT2D eigenvalue weighted by molar-refractivity contribution is 1.02. The van der Waals surface area contributed by atoms with Crippen molar-refractivity contribution in [2.24, 2.45) is 0 Å². The Morgan fingerprint density at radius 2 is 1.15 bits per heavy atom.